The van der Waals surface area contributed by atoms with E-state index in [2.05, 4.69) is 49.3 Å². The number of hydrogen-bond donors (Lipinski definition) is 1. The van der Waals surface area contributed by atoms with Gasteiger partial charge in [-0.1, -0.05) is 51.8 Å². The Morgan fingerprint density at radius 3 is 2.35 bits per heavy atom. The zero-order valence-corrected chi connectivity index (χ0v) is 18.2. The van der Waals surface area contributed by atoms with E-state index in [1.165, 1.54) is 0 Å². The maximum atomic E-state index is 6.17. The smallest absolute Gasteiger partial charge is 0.134 e. The summed E-state index contributed by atoms with van der Waals surface area (Å²) in [4.78, 5) is 0. The van der Waals surface area contributed by atoms with Gasteiger partial charge >= 0.3 is 0 Å². The van der Waals surface area contributed by atoms with Crippen LogP contribution < -0.4 is 10.1 Å². The molecule has 0 aliphatic rings. The molecular weight excluding hydrogens is 477 g/mol. The third-order valence-electron chi connectivity index (χ3n) is 3.97. The van der Waals surface area contributed by atoms with Crippen molar-refractivity contribution in [2.75, 3.05) is 5.32 Å². The van der Waals surface area contributed by atoms with Gasteiger partial charge < -0.3 is 10.1 Å². The number of nitrogens with one attached hydrogen (secondary N) is 1. The van der Waals surface area contributed by atoms with E-state index in [1.807, 2.05) is 55.5 Å². The largest absolute Gasteiger partial charge is 0.488 e. The van der Waals surface area contributed by atoms with Crippen molar-refractivity contribution >= 4 is 49.1 Å². The molecule has 0 fully saturated rings. The first-order valence-corrected chi connectivity index (χ1v) is 10.1. The molecule has 0 aliphatic carbocycles. The second-order valence-corrected chi connectivity index (χ2v) is 8.17. The molecule has 3 aromatic carbocycles. The van der Waals surface area contributed by atoms with Crippen LogP contribution in [0.2, 0.25) is 5.02 Å². The van der Waals surface area contributed by atoms with Crippen molar-refractivity contribution in [3.05, 3.63) is 91.3 Å². The Morgan fingerprint density at radius 2 is 1.65 bits per heavy atom. The first-order valence-electron chi connectivity index (χ1n) is 8.17. The maximum Gasteiger partial charge on any atom is 0.134 e. The lowest BCUT2D eigenvalue weighted by atomic mass is 10.2. The second-order valence-electron chi connectivity index (χ2n) is 6.00. The molecule has 0 atom stereocenters. The predicted molar refractivity (Wildman–Crippen MR) is 116 cm³/mol. The van der Waals surface area contributed by atoms with Gasteiger partial charge in [0.1, 0.15) is 12.4 Å². The van der Waals surface area contributed by atoms with Crippen molar-refractivity contribution in [1.29, 1.82) is 0 Å². The molecule has 0 bridgehead atoms. The number of rotatable bonds is 6. The molecule has 0 aliphatic heterocycles. The topological polar surface area (TPSA) is 21.3 Å². The van der Waals surface area contributed by atoms with Crippen LogP contribution in [0.4, 0.5) is 5.69 Å². The van der Waals surface area contributed by atoms with Gasteiger partial charge in [0.05, 0.1) is 4.47 Å². The van der Waals surface area contributed by atoms with E-state index < -0.39 is 0 Å². The summed E-state index contributed by atoms with van der Waals surface area (Å²) in [5, 5.41) is 4.16. The van der Waals surface area contributed by atoms with Gasteiger partial charge in [-0.25, -0.2) is 0 Å². The van der Waals surface area contributed by atoms with E-state index >= 15 is 0 Å². The Kier molecular flexibility index (Phi) is 6.63. The minimum atomic E-state index is 0.533. The molecule has 0 spiro atoms. The number of aryl methyl sites for hydroxylation is 1. The van der Waals surface area contributed by atoms with E-state index in [9.17, 15) is 0 Å². The lowest BCUT2D eigenvalue weighted by Gasteiger charge is -2.12. The zero-order valence-electron chi connectivity index (χ0n) is 14.2. The predicted octanol–water partition coefficient (Wildman–Crippen LogP) is 7.36. The van der Waals surface area contributed by atoms with Gasteiger partial charge in [0.15, 0.2) is 0 Å². The molecule has 134 valence electrons. The van der Waals surface area contributed by atoms with Crippen LogP contribution in [0.3, 0.4) is 0 Å². The second kappa shape index (κ2) is 8.94. The Bertz CT molecular complexity index is 897. The Morgan fingerprint density at radius 1 is 0.923 bits per heavy atom. The lowest BCUT2D eigenvalue weighted by Crippen LogP contribution is -2.01. The van der Waals surface area contributed by atoms with Crippen LogP contribution in [0.25, 0.3) is 0 Å². The fourth-order valence-electron chi connectivity index (χ4n) is 2.42. The van der Waals surface area contributed by atoms with Crippen molar-refractivity contribution in [3.63, 3.8) is 0 Å². The average molecular weight is 496 g/mol. The highest BCUT2D eigenvalue weighted by molar-refractivity contribution is 9.10. The van der Waals surface area contributed by atoms with E-state index in [0.717, 1.165) is 42.1 Å². The number of anilines is 1. The summed E-state index contributed by atoms with van der Waals surface area (Å²) in [6.45, 7) is 3.24. The van der Waals surface area contributed by atoms with Crippen molar-refractivity contribution in [2.45, 2.75) is 20.1 Å². The molecular formula is C21H18Br2ClNO. The van der Waals surface area contributed by atoms with Crippen LogP contribution in [0.15, 0.2) is 69.6 Å². The van der Waals surface area contributed by atoms with E-state index in [4.69, 9.17) is 16.3 Å². The van der Waals surface area contributed by atoms with Gasteiger partial charge in [-0.05, 0) is 75.9 Å². The Labute approximate surface area is 175 Å². The highest BCUT2D eigenvalue weighted by atomic mass is 79.9. The van der Waals surface area contributed by atoms with Gasteiger partial charge in [-0.3, -0.25) is 0 Å². The molecule has 5 heteroatoms. The van der Waals surface area contributed by atoms with Crippen molar-refractivity contribution in [1.82, 2.24) is 0 Å². The Balaban J connectivity index is 1.59. The summed E-state index contributed by atoms with van der Waals surface area (Å²) < 4.78 is 7.91. The third-order valence-corrected chi connectivity index (χ3v) is 5.53. The molecule has 0 aromatic heterocycles. The molecule has 26 heavy (non-hydrogen) atoms. The highest BCUT2D eigenvalue weighted by Gasteiger charge is 2.05. The van der Waals surface area contributed by atoms with Crippen LogP contribution in [0.1, 0.15) is 16.7 Å². The standard InChI is InChI=1S/C21H18Br2ClNO/c1-14-2-8-18(11-20(14)24)25-12-16-5-9-21(19(23)10-16)26-13-15-3-6-17(22)7-4-15/h2-11,25H,12-13H2,1H3. The molecule has 0 saturated carbocycles. The molecule has 0 unspecified atom stereocenters. The van der Waals surface area contributed by atoms with Crippen LogP contribution >= 0.6 is 43.5 Å². The summed E-state index contributed by atoms with van der Waals surface area (Å²) in [6.07, 6.45) is 0. The van der Waals surface area contributed by atoms with Crippen LogP contribution in [0, 0.1) is 6.92 Å². The zero-order chi connectivity index (χ0) is 18.5. The molecule has 0 heterocycles. The summed E-state index contributed by atoms with van der Waals surface area (Å²) >= 11 is 13.2. The quantitative estimate of drug-likeness (QED) is 0.386. The first-order chi connectivity index (χ1) is 12.5. The monoisotopic (exact) mass is 493 g/mol. The van der Waals surface area contributed by atoms with Crippen LogP contribution in [-0.4, -0.2) is 0 Å². The maximum absolute atomic E-state index is 6.17. The molecule has 1 N–H and O–H groups in total. The fourth-order valence-corrected chi connectivity index (χ4v) is 3.41. The first kappa shape index (κ1) is 19.3. The number of ether oxygens (including phenoxy) is 1. The third kappa shape index (κ3) is 5.26. The fraction of sp³-hybridized carbons (Fsp3) is 0.143. The van der Waals surface area contributed by atoms with Crippen LogP contribution in [-0.2, 0) is 13.2 Å². The van der Waals surface area contributed by atoms with Crippen molar-refractivity contribution in [3.8, 4) is 5.75 Å². The molecule has 0 saturated heterocycles. The van der Waals surface area contributed by atoms with E-state index in [1.54, 1.807) is 0 Å². The summed E-state index contributed by atoms with van der Waals surface area (Å²) in [5.41, 5.74) is 4.37. The normalized spacial score (nSPS) is 10.6. The highest BCUT2D eigenvalue weighted by Crippen LogP contribution is 2.28. The van der Waals surface area contributed by atoms with E-state index in [-0.39, 0.29) is 0 Å². The van der Waals surface area contributed by atoms with Crippen LogP contribution in [0.5, 0.6) is 5.75 Å². The molecule has 3 aromatic rings. The molecule has 0 radical (unpaired) electrons. The van der Waals surface area contributed by atoms with E-state index in [0.29, 0.717) is 13.2 Å². The lowest BCUT2D eigenvalue weighted by molar-refractivity contribution is 0.304. The summed E-state index contributed by atoms with van der Waals surface area (Å²) in [5.74, 6) is 0.829. The Hall–Kier alpha value is -1.49. The number of halogens is 3. The van der Waals surface area contributed by atoms with Gasteiger partial charge in [0.2, 0.25) is 0 Å². The SMILES string of the molecule is Cc1ccc(NCc2ccc(OCc3ccc(Br)cc3)c(Br)c2)cc1Cl. The van der Waals surface area contributed by atoms with Crippen molar-refractivity contribution < 1.29 is 4.74 Å². The van der Waals surface area contributed by atoms with Gasteiger partial charge in [-0.15, -0.1) is 0 Å². The van der Waals surface area contributed by atoms with Gasteiger partial charge in [0.25, 0.3) is 0 Å². The van der Waals surface area contributed by atoms with Crippen molar-refractivity contribution in [2.24, 2.45) is 0 Å². The number of benzene rings is 3. The molecule has 3 rings (SSSR count). The minimum Gasteiger partial charge on any atom is -0.488 e. The summed E-state index contributed by atoms with van der Waals surface area (Å²) in [7, 11) is 0. The number of hydrogen-bond acceptors (Lipinski definition) is 2. The van der Waals surface area contributed by atoms with Gasteiger partial charge in [-0.2, -0.15) is 0 Å². The summed E-state index contributed by atoms with van der Waals surface area (Å²) in [6, 6.07) is 20.2. The molecule has 0 amide bonds. The van der Waals surface area contributed by atoms with Gasteiger partial charge in [0, 0.05) is 21.7 Å². The molecule has 2 nitrogen and oxygen atoms in total. The minimum absolute atomic E-state index is 0.533. The average Bonchev–Trinajstić information content (AvgIpc) is 2.63.